The molecule has 0 saturated carbocycles. The van der Waals surface area contributed by atoms with Crippen molar-refractivity contribution in [3.05, 3.63) is 10.4 Å². The maximum absolute atomic E-state index is 11.6. The Morgan fingerprint density at radius 3 is 2.78 bits per heavy atom. The van der Waals surface area contributed by atoms with Crippen molar-refractivity contribution in [2.24, 2.45) is 10.8 Å². The lowest BCUT2D eigenvalue weighted by Crippen LogP contribution is -2.41. The molecule has 7 nitrogen and oxygen atoms in total. The van der Waals surface area contributed by atoms with Gasteiger partial charge in [-0.15, -0.1) is 0 Å². The minimum atomic E-state index is -0.438. The average Bonchev–Trinajstić information content (AvgIpc) is 2.33. The highest BCUT2D eigenvalue weighted by atomic mass is 16.2. The second-order valence-corrected chi connectivity index (χ2v) is 4.50. The smallest absolute Gasteiger partial charge is 0.236 e. The maximum Gasteiger partial charge on any atom is 0.236 e. The number of hydrogen-bond donors (Lipinski definition) is 2. The molecule has 0 radical (unpaired) electrons. The van der Waals surface area contributed by atoms with E-state index >= 15 is 0 Å². The van der Waals surface area contributed by atoms with Crippen LogP contribution in [-0.4, -0.2) is 50.6 Å². The van der Waals surface area contributed by atoms with Crippen LogP contribution in [0.5, 0.6) is 0 Å². The van der Waals surface area contributed by atoms with Gasteiger partial charge in [-0.25, -0.2) is 0 Å². The van der Waals surface area contributed by atoms with Gasteiger partial charge in [-0.05, 0) is 45.4 Å². The summed E-state index contributed by atoms with van der Waals surface area (Å²) in [6, 6.07) is -0.438. The Hall–Kier alpha value is -1.30. The van der Waals surface area contributed by atoms with Crippen LogP contribution >= 0.6 is 0 Å². The second-order valence-electron chi connectivity index (χ2n) is 4.50. The first-order chi connectivity index (χ1) is 8.57. The molecule has 0 fully saturated rings. The number of carbonyl (C=O) groups excluding carboxylic acids is 1. The van der Waals surface area contributed by atoms with E-state index in [1.54, 1.807) is 0 Å². The molecule has 0 saturated heterocycles. The van der Waals surface area contributed by atoms with Gasteiger partial charge in [0.1, 0.15) is 0 Å². The van der Waals surface area contributed by atoms with Crippen LogP contribution in [0.15, 0.2) is 5.11 Å². The zero-order valence-electron chi connectivity index (χ0n) is 11.3. The van der Waals surface area contributed by atoms with Gasteiger partial charge in [-0.3, -0.25) is 4.79 Å². The first-order valence-corrected chi connectivity index (χ1v) is 6.26. The monoisotopic (exact) mass is 256 g/mol. The predicted octanol–water partition coefficient (Wildman–Crippen LogP) is 0.862. The second kappa shape index (κ2) is 10.8. The fourth-order valence-electron chi connectivity index (χ4n) is 1.46. The predicted molar refractivity (Wildman–Crippen MR) is 72.0 cm³/mol. The van der Waals surface area contributed by atoms with Crippen LogP contribution in [0.3, 0.4) is 0 Å². The van der Waals surface area contributed by atoms with E-state index < -0.39 is 6.04 Å². The topological polar surface area (TPSA) is 107 Å². The van der Waals surface area contributed by atoms with E-state index in [-0.39, 0.29) is 5.91 Å². The van der Waals surface area contributed by atoms with Gasteiger partial charge in [0.05, 0.1) is 6.04 Å². The summed E-state index contributed by atoms with van der Waals surface area (Å²) in [6.45, 7) is 1.92. The maximum atomic E-state index is 11.6. The van der Waals surface area contributed by atoms with Gasteiger partial charge < -0.3 is 16.0 Å². The van der Waals surface area contributed by atoms with Gasteiger partial charge >= 0.3 is 0 Å². The Bertz CT molecular complexity index is 275. The normalized spacial score (nSPS) is 12.0. The summed E-state index contributed by atoms with van der Waals surface area (Å²) in [5.41, 5.74) is 13.8. The molecule has 0 aliphatic carbocycles. The van der Waals surface area contributed by atoms with Crippen molar-refractivity contribution in [2.45, 2.75) is 31.7 Å². The number of unbranched alkanes of at least 4 members (excludes halogenated alkanes) is 1. The van der Waals surface area contributed by atoms with Gasteiger partial charge in [-0.2, -0.15) is 0 Å². The lowest BCUT2D eigenvalue weighted by atomic mass is 10.1. The number of hydrogen-bond acceptors (Lipinski definition) is 4. The fourth-order valence-corrected chi connectivity index (χ4v) is 1.46. The summed E-state index contributed by atoms with van der Waals surface area (Å²) in [5, 5.41) is 6.12. The van der Waals surface area contributed by atoms with Gasteiger partial charge in [0, 0.05) is 18.0 Å². The SMILES string of the molecule is CN(C)CCCCC(N)C(=O)NCCCN=[N+]=[N-]. The van der Waals surface area contributed by atoms with Crippen LogP contribution in [-0.2, 0) is 4.79 Å². The lowest BCUT2D eigenvalue weighted by molar-refractivity contribution is -0.122. The summed E-state index contributed by atoms with van der Waals surface area (Å²) in [5.74, 6) is -0.124. The van der Waals surface area contributed by atoms with E-state index in [1.165, 1.54) is 0 Å². The molecular weight excluding hydrogens is 232 g/mol. The van der Waals surface area contributed by atoms with Crippen LogP contribution < -0.4 is 11.1 Å². The summed E-state index contributed by atoms with van der Waals surface area (Å²) in [6.07, 6.45) is 3.34. The largest absolute Gasteiger partial charge is 0.355 e. The van der Waals surface area contributed by atoms with Crippen molar-refractivity contribution in [1.82, 2.24) is 10.2 Å². The van der Waals surface area contributed by atoms with Crippen LogP contribution in [0.2, 0.25) is 0 Å². The van der Waals surface area contributed by atoms with Crippen LogP contribution in [0.25, 0.3) is 10.4 Å². The molecule has 0 aromatic carbocycles. The van der Waals surface area contributed by atoms with E-state index in [1.807, 2.05) is 14.1 Å². The molecule has 0 spiro atoms. The van der Waals surface area contributed by atoms with E-state index in [2.05, 4.69) is 20.2 Å². The molecule has 1 amide bonds. The molecule has 0 aromatic rings. The van der Waals surface area contributed by atoms with Gasteiger partial charge in [0.15, 0.2) is 0 Å². The zero-order chi connectivity index (χ0) is 13.8. The van der Waals surface area contributed by atoms with Gasteiger partial charge in [0.25, 0.3) is 0 Å². The first kappa shape index (κ1) is 16.7. The number of nitrogens with one attached hydrogen (secondary N) is 1. The van der Waals surface area contributed by atoms with Crippen molar-refractivity contribution >= 4 is 5.91 Å². The van der Waals surface area contributed by atoms with E-state index in [0.717, 1.165) is 19.4 Å². The molecule has 0 aliphatic rings. The Morgan fingerprint density at radius 2 is 2.17 bits per heavy atom. The van der Waals surface area contributed by atoms with Crippen molar-refractivity contribution < 1.29 is 4.79 Å². The Kier molecular flexibility index (Phi) is 10.0. The minimum Gasteiger partial charge on any atom is -0.355 e. The molecule has 104 valence electrons. The fraction of sp³-hybridized carbons (Fsp3) is 0.909. The van der Waals surface area contributed by atoms with Crippen molar-refractivity contribution in [3.8, 4) is 0 Å². The summed E-state index contributed by atoms with van der Waals surface area (Å²) in [7, 11) is 4.05. The molecule has 0 aliphatic heterocycles. The average molecular weight is 256 g/mol. The Labute approximate surface area is 108 Å². The molecule has 1 atom stereocenters. The third-order valence-electron chi connectivity index (χ3n) is 2.50. The van der Waals surface area contributed by atoms with E-state index in [0.29, 0.717) is 25.9 Å². The third kappa shape index (κ3) is 9.89. The van der Waals surface area contributed by atoms with Gasteiger partial charge in [0.2, 0.25) is 5.91 Å². The highest BCUT2D eigenvalue weighted by Crippen LogP contribution is 2.00. The molecule has 0 rings (SSSR count). The molecule has 7 heteroatoms. The molecule has 3 N–H and O–H groups in total. The molecule has 0 heterocycles. The first-order valence-electron chi connectivity index (χ1n) is 6.26. The molecule has 0 aromatic heterocycles. The molecule has 1 unspecified atom stereocenters. The third-order valence-corrected chi connectivity index (χ3v) is 2.50. The molecule has 18 heavy (non-hydrogen) atoms. The van der Waals surface area contributed by atoms with Crippen molar-refractivity contribution in [2.75, 3.05) is 33.7 Å². The van der Waals surface area contributed by atoms with Crippen molar-refractivity contribution in [3.63, 3.8) is 0 Å². The number of amides is 1. The Morgan fingerprint density at radius 1 is 1.44 bits per heavy atom. The number of rotatable bonds is 10. The van der Waals surface area contributed by atoms with E-state index in [4.69, 9.17) is 11.3 Å². The number of nitrogens with zero attached hydrogens (tertiary/aromatic N) is 4. The Balaban J connectivity index is 3.53. The zero-order valence-corrected chi connectivity index (χ0v) is 11.3. The van der Waals surface area contributed by atoms with Crippen LogP contribution in [0.1, 0.15) is 25.7 Å². The quantitative estimate of drug-likeness (QED) is 0.262. The van der Waals surface area contributed by atoms with Gasteiger partial charge in [-0.1, -0.05) is 11.5 Å². The number of azide groups is 1. The lowest BCUT2D eigenvalue weighted by Gasteiger charge is -2.13. The summed E-state index contributed by atoms with van der Waals surface area (Å²) >= 11 is 0. The molecule has 0 bridgehead atoms. The van der Waals surface area contributed by atoms with Crippen LogP contribution in [0.4, 0.5) is 0 Å². The van der Waals surface area contributed by atoms with Crippen molar-refractivity contribution in [1.29, 1.82) is 0 Å². The molecular formula is C11H24N6O. The summed E-state index contributed by atoms with van der Waals surface area (Å²) < 4.78 is 0. The number of nitrogens with two attached hydrogens (primary N) is 1. The highest BCUT2D eigenvalue weighted by Gasteiger charge is 2.11. The van der Waals surface area contributed by atoms with Crippen LogP contribution in [0, 0.1) is 0 Å². The highest BCUT2D eigenvalue weighted by molar-refractivity contribution is 5.81. The standard InChI is InChI=1S/C11H24N6O/c1-17(2)9-4-3-6-10(12)11(18)14-7-5-8-15-16-13/h10H,3-9,12H2,1-2H3,(H,14,18). The summed E-state index contributed by atoms with van der Waals surface area (Å²) in [4.78, 5) is 16.3. The number of carbonyl (C=O) groups is 1. The van der Waals surface area contributed by atoms with E-state index in [9.17, 15) is 4.79 Å². The minimum absolute atomic E-state index is 0.124.